The molecule has 0 fully saturated rings. The number of nitriles is 1. The summed E-state index contributed by atoms with van der Waals surface area (Å²) in [5.41, 5.74) is 6.23. The zero-order chi connectivity index (χ0) is 29.5. The van der Waals surface area contributed by atoms with Crippen molar-refractivity contribution in [1.29, 1.82) is 5.26 Å². The summed E-state index contributed by atoms with van der Waals surface area (Å²) in [6, 6.07) is 13.5. The average Bonchev–Trinajstić information content (AvgIpc) is 3.22. The number of nitrogens with zero attached hydrogens (tertiary/aromatic N) is 3. The number of aromatic nitrogens is 1. The molecule has 12 heteroatoms. The van der Waals surface area contributed by atoms with E-state index in [1.54, 1.807) is 38.3 Å². The van der Waals surface area contributed by atoms with Gasteiger partial charge in [0.05, 0.1) is 37.6 Å². The standard InChI is InChI=1S/C29H30N6O6/c1-5-40-28(37)26-17(2)32-29(38)33-27(26)19-10-11-23(24(14-19)39-4)41-16-25(36)34-31-15-21-18(3)35(13-12-30)22-9-7-6-8-20(21)22/h6-11,14-15,27H,5,13,16H2,1-4H3,(H,34,36)(H2,32,33,38)/b31-15+/t27-/m1/s1. The number of rotatable bonds is 10. The van der Waals surface area contributed by atoms with E-state index in [-0.39, 0.29) is 31.1 Å². The number of para-hydroxylation sites is 1. The van der Waals surface area contributed by atoms with E-state index >= 15 is 0 Å². The van der Waals surface area contributed by atoms with Crippen molar-refractivity contribution in [3.63, 3.8) is 0 Å². The molecule has 4 rings (SSSR count). The minimum absolute atomic E-state index is 0.183. The molecule has 0 unspecified atom stereocenters. The minimum atomic E-state index is -0.772. The van der Waals surface area contributed by atoms with E-state index in [1.165, 1.54) is 7.11 Å². The summed E-state index contributed by atoms with van der Waals surface area (Å²) in [4.78, 5) is 37.2. The summed E-state index contributed by atoms with van der Waals surface area (Å²) in [6.45, 7) is 5.25. The monoisotopic (exact) mass is 558 g/mol. The summed E-state index contributed by atoms with van der Waals surface area (Å²) >= 11 is 0. The minimum Gasteiger partial charge on any atom is -0.493 e. The van der Waals surface area contributed by atoms with E-state index in [0.29, 0.717) is 17.0 Å². The van der Waals surface area contributed by atoms with Crippen LogP contribution in [0.1, 0.15) is 36.7 Å². The van der Waals surface area contributed by atoms with Crippen molar-refractivity contribution in [2.75, 3.05) is 20.3 Å². The Balaban J connectivity index is 1.45. The molecule has 1 aliphatic rings. The van der Waals surface area contributed by atoms with Crippen LogP contribution in [0.25, 0.3) is 10.9 Å². The molecule has 2 heterocycles. The van der Waals surface area contributed by atoms with Gasteiger partial charge in [-0.1, -0.05) is 24.3 Å². The fraction of sp³-hybridized carbons (Fsp3) is 0.276. The van der Waals surface area contributed by atoms with Gasteiger partial charge in [0, 0.05) is 27.9 Å². The molecule has 0 saturated heterocycles. The van der Waals surface area contributed by atoms with Gasteiger partial charge in [0.1, 0.15) is 6.54 Å². The third kappa shape index (κ3) is 6.14. The van der Waals surface area contributed by atoms with E-state index in [4.69, 9.17) is 14.2 Å². The topological polar surface area (TPSA) is 156 Å². The fourth-order valence-corrected chi connectivity index (χ4v) is 4.65. The molecular formula is C29H30N6O6. The zero-order valence-electron chi connectivity index (χ0n) is 23.1. The van der Waals surface area contributed by atoms with E-state index in [9.17, 15) is 19.6 Å². The van der Waals surface area contributed by atoms with E-state index in [0.717, 1.165) is 22.2 Å². The van der Waals surface area contributed by atoms with Crippen LogP contribution in [0, 0.1) is 18.3 Å². The Morgan fingerprint density at radius 3 is 2.71 bits per heavy atom. The number of urea groups is 1. The van der Waals surface area contributed by atoms with Crippen LogP contribution in [0.5, 0.6) is 11.5 Å². The van der Waals surface area contributed by atoms with Gasteiger partial charge in [0.2, 0.25) is 0 Å². The Bertz CT molecular complexity index is 1600. The van der Waals surface area contributed by atoms with Crippen LogP contribution in [-0.4, -0.2) is 49.0 Å². The summed E-state index contributed by atoms with van der Waals surface area (Å²) in [7, 11) is 1.44. The van der Waals surface area contributed by atoms with Crippen LogP contribution in [0.15, 0.2) is 58.8 Å². The highest BCUT2D eigenvalue weighted by Gasteiger charge is 2.32. The van der Waals surface area contributed by atoms with Gasteiger partial charge in [0.25, 0.3) is 5.91 Å². The molecule has 3 aromatic rings. The number of allylic oxidation sites excluding steroid dienone is 1. The van der Waals surface area contributed by atoms with Gasteiger partial charge in [-0.15, -0.1) is 0 Å². The lowest BCUT2D eigenvalue weighted by Gasteiger charge is -2.28. The average molecular weight is 559 g/mol. The van der Waals surface area contributed by atoms with Gasteiger partial charge < -0.3 is 29.4 Å². The second kappa shape index (κ2) is 12.7. The van der Waals surface area contributed by atoms with Gasteiger partial charge in [-0.2, -0.15) is 10.4 Å². The number of carbonyl (C=O) groups excluding carboxylic acids is 3. The van der Waals surface area contributed by atoms with Crippen LogP contribution in [0.2, 0.25) is 0 Å². The van der Waals surface area contributed by atoms with Gasteiger partial charge >= 0.3 is 12.0 Å². The fourth-order valence-electron chi connectivity index (χ4n) is 4.65. The van der Waals surface area contributed by atoms with E-state index < -0.39 is 23.9 Å². The van der Waals surface area contributed by atoms with Gasteiger partial charge in [0.15, 0.2) is 18.1 Å². The number of ether oxygens (including phenoxy) is 3. The first-order chi connectivity index (χ1) is 19.8. The normalized spacial score (nSPS) is 14.8. The number of methoxy groups -OCH3 is 1. The van der Waals surface area contributed by atoms with Crippen molar-refractivity contribution in [3.05, 3.63) is 70.6 Å². The maximum absolute atomic E-state index is 12.6. The summed E-state index contributed by atoms with van der Waals surface area (Å²) in [5, 5.41) is 19.5. The quantitative estimate of drug-likeness (QED) is 0.196. The number of fused-ring (bicyclic) bond motifs is 1. The van der Waals surface area contributed by atoms with Crippen LogP contribution in [0.3, 0.4) is 0 Å². The summed E-state index contributed by atoms with van der Waals surface area (Å²) in [6.07, 6.45) is 1.54. The molecule has 1 atom stereocenters. The van der Waals surface area contributed by atoms with Crippen LogP contribution >= 0.6 is 0 Å². The molecule has 0 bridgehead atoms. The molecule has 1 aliphatic heterocycles. The highest BCUT2D eigenvalue weighted by atomic mass is 16.5. The third-order valence-corrected chi connectivity index (χ3v) is 6.54. The van der Waals surface area contributed by atoms with Crippen LogP contribution in [0.4, 0.5) is 4.79 Å². The number of hydrazone groups is 1. The highest BCUT2D eigenvalue weighted by Crippen LogP contribution is 2.34. The third-order valence-electron chi connectivity index (χ3n) is 6.54. The smallest absolute Gasteiger partial charge is 0.338 e. The van der Waals surface area contributed by atoms with Gasteiger partial charge in [-0.3, -0.25) is 4.79 Å². The molecule has 3 amide bonds. The predicted molar refractivity (Wildman–Crippen MR) is 150 cm³/mol. The Morgan fingerprint density at radius 2 is 1.98 bits per heavy atom. The SMILES string of the molecule is CCOC(=O)C1=C(C)NC(=O)N[C@@H]1c1ccc(OCC(=O)N/N=C/c2c(C)n(CC#N)c3ccccc23)c(OC)c1. The maximum atomic E-state index is 12.6. The molecular weight excluding hydrogens is 528 g/mol. The molecule has 2 aromatic carbocycles. The zero-order valence-corrected chi connectivity index (χ0v) is 23.1. The molecule has 12 nitrogen and oxygen atoms in total. The number of benzene rings is 2. The molecule has 0 saturated carbocycles. The first-order valence-electron chi connectivity index (χ1n) is 12.8. The molecule has 212 valence electrons. The molecule has 0 spiro atoms. The van der Waals surface area contributed by atoms with Crippen LogP contribution < -0.4 is 25.5 Å². The highest BCUT2D eigenvalue weighted by molar-refractivity contribution is 6.01. The van der Waals surface area contributed by atoms with Crippen LogP contribution in [-0.2, 0) is 20.9 Å². The first-order valence-corrected chi connectivity index (χ1v) is 12.8. The van der Waals surface area contributed by atoms with Crippen molar-refractivity contribution in [1.82, 2.24) is 20.6 Å². The Labute approximate surface area is 236 Å². The Morgan fingerprint density at radius 1 is 1.20 bits per heavy atom. The Kier molecular flexibility index (Phi) is 8.88. The summed E-state index contributed by atoms with van der Waals surface area (Å²) < 4.78 is 18.2. The second-order valence-corrected chi connectivity index (χ2v) is 9.04. The number of carbonyl (C=O) groups is 3. The van der Waals surface area contributed by atoms with Crippen molar-refractivity contribution in [2.24, 2.45) is 5.10 Å². The second-order valence-electron chi connectivity index (χ2n) is 9.04. The molecule has 3 N–H and O–H groups in total. The van der Waals surface area contributed by atoms with Crippen molar-refractivity contribution >= 4 is 35.0 Å². The first kappa shape index (κ1) is 28.7. The molecule has 0 aliphatic carbocycles. The lowest BCUT2D eigenvalue weighted by atomic mass is 9.95. The number of hydrogen-bond acceptors (Lipinski definition) is 8. The lowest BCUT2D eigenvalue weighted by Crippen LogP contribution is -2.45. The van der Waals surface area contributed by atoms with Crippen molar-refractivity contribution < 1.29 is 28.6 Å². The largest absolute Gasteiger partial charge is 0.493 e. The van der Waals surface area contributed by atoms with E-state index in [1.807, 2.05) is 35.8 Å². The van der Waals surface area contributed by atoms with Gasteiger partial charge in [-0.05, 0) is 44.5 Å². The molecule has 41 heavy (non-hydrogen) atoms. The van der Waals surface area contributed by atoms with Gasteiger partial charge in [-0.25, -0.2) is 15.0 Å². The lowest BCUT2D eigenvalue weighted by molar-refractivity contribution is -0.139. The van der Waals surface area contributed by atoms with Crippen molar-refractivity contribution in [3.8, 4) is 17.6 Å². The summed E-state index contributed by atoms with van der Waals surface area (Å²) in [5.74, 6) is -0.471. The van der Waals surface area contributed by atoms with E-state index in [2.05, 4.69) is 27.2 Å². The number of amides is 3. The molecule has 1 aromatic heterocycles. The number of esters is 1. The maximum Gasteiger partial charge on any atom is 0.338 e. The number of hydrogen-bond donors (Lipinski definition) is 3. The predicted octanol–water partition coefficient (Wildman–Crippen LogP) is 3.20. The number of nitrogens with one attached hydrogen (secondary N) is 3. The van der Waals surface area contributed by atoms with Crippen molar-refractivity contribution in [2.45, 2.75) is 33.4 Å². The Hall–Kier alpha value is -5.31. The molecule has 0 radical (unpaired) electrons.